The number of amides is 1. The normalized spacial score (nSPS) is 15.4. The molecule has 4 rings (SSSR count). The van der Waals surface area contributed by atoms with E-state index in [-0.39, 0.29) is 23.6 Å². The molecule has 3 aromatic rings. The minimum absolute atomic E-state index is 0.0583. The van der Waals surface area contributed by atoms with E-state index in [0.717, 1.165) is 18.4 Å². The van der Waals surface area contributed by atoms with E-state index in [9.17, 15) is 9.59 Å². The van der Waals surface area contributed by atoms with Gasteiger partial charge in [0.05, 0.1) is 6.33 Å². The standard InChI is InChI=1S/C22H28N4O3/c1-25(16-8-3-2-4-9-16)13-7-12-23-19(27)14-26-15-24-20-17-10-5-6-11-18(17)29-21(20)22(26)28/h5-6,10-11,15-16H,2-4,7-9,12-14H2,1H3,(H,23,27). The molecule has 7 heteroatoms. The largest absolute Gasteiger partial charge is 0.448 e. The molecule has 0 bridgehead atoms. The lowest BCUT2D eigenvalue weighted by Crippen LogP contribution is -2.37. The van der Waals surface area contributed by atoms with Gasteiger partial charge in [0.15, 0.2) is 0 Å². The molecule has 0 aliphatic heterocycles. The zero-order valence-electron chi connectivity index (χ0n) is 16.9. The molecular formula is C22H28N4O3. The first-order valence-corrected chi connectivity index (χ1v) is 10.5. The summed E-state index contributed by atoms with van der Waals surface area (Å²) in [6, 6.07) is 8.08. The van der Waals surface area contributed by atoms with E-state index >= 15 is 0 Å². The zero-order chi connectivity index (χ0) is 20.2. The number of hydrogen-bond acceptors (Lipinski definition) is 5. The first-order valence-electron chi connectivity index (χ1n) is 10.5. The van der Waals surface area contributed by atoms with Crippen LogP contribution in [0.4, 0.5) is 0 Å². The molecule has 0 unspecified atom stereocenters. The maximum Gasteiger partial charge on any atom is 0.297 e. The van der Waals surface area contributed by atoms with Gasteiger partial charge in [-0.05, 0) is 45.0 Å². The highest BCUT2D eigenvalue weighted by Gasteiger charge is 2.17. The number of nitrogens with zero attached hydrogens (tertiary/aromatic N) is 3. The predicted molar refractivity (Wildman–Crippen MR) is 113 cm³/mol. The minimum Gasteiger partial charge on any atom is -0.448 e. The van der Waals surface area contributed by atoms with Gasteiger partial charge in [-0.2, -0.15) is 0 Å². The van der Waals surface area contributed by atoms with Crippen LogP contribution in [0.3, 0.4) is 0 Å². The fourth-order valence-corrected chi connectivity index (χ4v) is 4.20. The summed E-state index contributed by atoms with van der Waals surface area (Å²) in [5.74, 6) is -0.190. The van der Waals surface area contributed by atoms with Crippen LogP contribution in [0.25, 0.3) is 22.1 Å². The van der Waals surface area contributed by atoms with Gasteiger partial charge in [-0.25, -0.2) is 4.98 Å². The van der Waals surface area contributed by atoms with E-state index in [0.29, 0.717) is 23.7 Å². The summed E-state index contributed by atoms with van der Waals surface area (Å²) in [5, 5.41) is 3.71. The third-order valence-electron chi connectivity index (χ3n) is 5.87. The molecule has 0 radical (unpaired) electrons. The van der Waals surface area contributed by atoms with Crippen molar-refractivity contribution >= 4 is 28.0 Å². The molecule has 1 aromatic carbocycles. The lowest BCUT2D eigenvalue weighted by atomic mass is 9.94. The first-order chi connectivity index (χ1) is 14.1. The molecule has 0 atom stereocenters. The average Bonchev–Trinajstić information content (AvgIpc) is 3.13. The lowest BCUT2D eigenvalue weighted by molar-refractivity contribution is -0.121. The first kappa shape index (κ1) is 19.6. The van der Waals surface area contributed by atoms with Gasteiger partial charge in [0.2, 0.25) is 11.5 Å². The van der Waals surface area contributed by atoms with Crippen molar-refractivity contribution in [1.29, 1.82) is 0 Å². The summed E-state index contributed by atoms with van der Waals surface area (Å²) in [7, 11) is 2.17. The third kappa shape index (κ3) is 4.34. The molecule has 1 aliphatic rings. The summed E-state index contributed by atoms with van der Waals surface area (Å²) in [6.07, 6.45) is 8.88. The zero-order valence-corrected chi connectivity index (χ0v) is 16.9. The predicted octanol–water partition coefficient (Wildman–Crippen LogP) is 2.91. The fourth-order valence-electron chi connectivity index (χ4n) is 4.20. The van der Waals surface area contributed by atoms with Gasteiger partial charge in [0.1, 0.15) is 17.6 Å². The highest BCUT2D eigenvalue weighted by molar-refractivity contribution is 6.01. The number of carbonyl (C=O) groups is 1. The van der Waals surface area contributed by atoms with Crippen molar-refractivity contribution in [1.82, 2.24) is 19.8 Å². The minimum atomic E-state index is -0.335. The van der Waals surface area contributed by atoms with Crippen LogP contribution in [-0.4, -0.2) is 46.5 Å². The number of carbonyl (C=O) groups excluding carboxylic acids is 1. The van der Waals surface area contributed by atoms with Gasteiger partial charge in [-0.15, -0.1) is 0 Å². The Morgan fingerprint density at radius 2 is 2.07 bits per heavy atom. The van der Waals surface area contributed by atoms with Crippen LogP contribution >= 0.6 is 0 Å². The van der Waals surface area contributed by atoms with E-state index in [4.69, 9.17) is 4.42 Å². The Balaban J connectivity index is 1.31. The highest BCUT2D eigenvalue weighted by atomic mass is 16.3. The van der Waals surface area contributed by atoms with Crippen LogP contribution in [0.5, 0.6) is 0 Å². The van der Waals surface area contributed by atoms with Gasteiger partial charge in [-0.1, -0.05) is 31.4 Å². The number of nitrogens with one attached hydrogen (secondary N) is 1. The van der Waals surface area contributed by atoms with Crippen LogP contribution in [0.1, 0.15) is 38.5 Å². The van der Waals surface area contributed by atoms with Crippen molar-refractivity contribution in [2.75, 3.05) is 20.1 Å². The van der Waals surface area contributed by atoms with Gasteiger partial charge in [-0.3, -0.25) is 14.2 Å². The van der Waals surface area contributed by atoms with Gasteiger partial charge < -0.3 is 14.6 Å². The second-order valence-corrected chi connectivity index (χ2v) is 7.93. The van der Waals surface area contributed by atoms with E-state index in [1.165, 1.54) is 43.0 Å². The summed E-state index contributed by atoms with van der Waals surface area (Å²) in [4.78, 5) is 31.7. The van der Waals surface area contributed by atoms with E-state index in [1.807, 2.05) is 18.2 Å². The quantitative estimate of drug-likeness (QED) is 0.621. The Kier molecular flexibility index (Phi) is 5.94. The molecule has 1 aliphatic carbocycles. The molecule has 1 amide bonds. The van der Waals surface area contributed by atoms with Crippen LogP contribution in [0, 0.1) is 0 Å². The van der Waals surface area contributed by atoms with Crippen molar-refractivity contribution in [2.24, 2.45) is 0 Å². The molecule has 1 saturated carbocycles. The maximum absolute atomic E-state index is 12.7. The monoisotopic (exact) mass is 396 g/mol. The lowest BCUT2D eigenvalue weighted by Gasteiger charge is -2.31. The number of benzene rings is 1. The number of rotatable bonds is 7. The summed E-state index contributed by atoms with van der Waals surface area (Å²) in [6.45, 7) is 1.51. The van der Waals surface area contributed by atoms with Gasteiger partial charge >= 0.3 is 0 Å². The molecule has 1 fully saturated rings. The molecule has 154 valence electrons. The number of furan rings is 1. The Labute approximate surface area is 169 Å². The Morgan fingerprint density at radius 1 is 1.28 bits per heavy atom. The van der Waals surface area contributed by atoms with Crippen molar-refractivity contribution < 1.29 is 9.21 Å². The number of fused-ring (bicyclic) bond motifs is 3. The van der Waals surface area contributed by atoms with Crippen molar-refractivity contribution in [3.05, 3.63) is 40.9 Å². The highest BCUT2D eigenvalue weighted by Crippen LogP contribution is 2.24. The van der Waals surface area contributed by atoms with E-state index < -0.39 is 0 Å². The summed E-state index contributed by atoms with van der Waals surface area (Å²) >= 11 is 0. The average molecular weight is 396 g/mol. The van der Waals surface area contributed by atoms with Crippen LogP contribution < -0.4 is 10.9 Å². The Hall–Kier alpha value is -2.67. The smallest absolute Gasteiger partial charge is 0.297 e. The molecule has 0 saturated heterocycles. The van der Waals surface area contributed by atoms with Crippen LogP contribution in [0.2, 0.25) is 0 Å². The molecule has 0 spiro atoms. The second-order valence-electron chi connectivity index (χ2n) is 7.93. The molecule has 2 heterocycles. The van der Waals surface area contributed by atoms with E-state index in [2.05, 4.69) is 22.2 Å². The molecule has 2 aromatic heterocycles. The second kappa shape index (κ2) is 8.78. The number of hydrogen-bond donors (Lipinski definition) is 1. The van der Waals surface area contributed by atoms with Gasteiger partial charge in [0.25, 0.3) is 5.56 Å². The van der Waals surface area contributed by atoms with E-state index in [1.54, 1.807) is 6.07 Å². The van der Waals surface area contributed by atoms with Gasteiger partial charge in [0, 0.05) is 18.0 Å². The molecule has 1 N–H and O–H groups in total. The van der Waals surface area contributed by atoms with Crippen molar-refractivity contribution in [2.45, 2.75) is 51.1 Å². The SMILES string of the molecule is CN(CCCNC(=O)Cn1cnc2c(oc3ccccc32)c1=O)C1CCCCC1. The Morgan fingerprint density at radius 3 is 2.90 bits per heavy atom. The number of aromatic nitrogens is 2. The Bertz CT molecular complexity index is 1050. The molecular weight excluding hydrogens is 368 g/mol. The third-order valence-corrected chi connectivity index (χ3v) is 5.87. The summed E-state index contributed by atoms with van der Waals surface area (Å²) in [5.41, 5.74) is 1.01. The fraction of sp³-hybridized carbons (Fsp3) is 0.500. The summed E-state index contributed by atoms with van der Waals surface area (Å²) < 4.78 is 6.95. The van der Waals surface area contributed by atoms with Crippen molar-refractivity contribution in [3.63, 3.8) is 0 Å². The maximum atomic E-state index is 12.7. The van der Waals surface area contributed by atoms with Crippen LogP contribution in [-0.2, 0) is 11.3 Å². The van der Waals surface area contributed by atoms with Crippen LogP contribution in [0.15, 0.2) is 39.8 Å². The van der Waals surface area contributed by atoms with Crippen molar-refractivity contribution in [3.8, 4) is 0 Å². The topological polar surface area (TPSA) is 80.4 Å². The molecule has 29 heavy (non-hydrogen) atoms. The number of para-hydroxylation sites is 1. The molecule has 7 nitrogen and oxygen atoms in total.